The molecule has 0 aromatic carbocycles. The van der Waals surface area contributed by atoms with Crippen molar-refractivity contribution in [3.8, 4) is 0 Å². The highest BCUT2D eigenvalue weighted by Crippen LogP contribution is 2.25. The van der Waals surface area contributed by atoms with Gasteiger partial charge in [-0.05, 0) is 38.1 Å². The lowest BCUT2D eigenvalue weighted by Crippen LogP contribution is -2.60. The van der Waals surface area contributed by atoms with E-state index in [4.69, 9.17) is 10.5 Å². The Hall–Kier alpha value is -3.33. The van der Waals surface area contributed by atoms with E-state index in [9.17, 15) is 14.4 Å². The Morgan fingerprint density at radius 2 is 1.73 bits per heavy atom. The number of carbonyl (C=O) groups excluding carboxylic acids is 3. The van der Waals surface area contributed by atoms with Crippen molar-refractivity contribution in [2.45, 2.75) is 38.4 Å². The summed E-state index contributed by atoms with van der Waals surface area (Å²) in [6.07, 6.45) is 3.34. The summed E-state index contributed by atoms with van der Waals surface area (Å²) in [7, 11) is 1.27. The molecule has 0 fully saturated rings. The van der Waals surface area contributed by atoms with E-state index >= 15 is 0 Å². The summed E-state index contributed by atoms with van der Waals surface area (Å²) in [6, 6.07) is 9.73. The molecule has 2 rings (SSSR count). The van der Waals surface area contributed by atoms with Gasteiger partial charge in [0.1, 0.15) is 11.6 Å². The number of nitrogens with one attached hydrogen (secondary N) is 1. The minimum absolute atomic E-state index is 0.0426. The second kappa shape index (κ2) is 10.4. The molecule has 0 aliphatic carbocycles. The summed E-state index contributed by atoms with van der Waals surface area (Å²) in [6.45, 7) is 2.95. The first-order chi connectivity index (χ1) is 14.3. The number of hydrogen-bond acceptors (Lipinski definition) is 7. The van der Waals surface area contributed by atoms with E-state index in [2.05, 4.69) is 15.3 Å². The Morgan fingerprint density at radius 3 is 2.23 bits per heavy atom. The normalized spacial score (nSPS) is 13.6. The Labute approximate surface area is 175 Å². The van der Waals surface area contributed by atoms with Gasteiger partial charge >= 0.3 is 5.97 Å². The summed E-state index contributed by atoms with van der Waals surface area (Å²) >= 11 is 0. The molecule has 0 bridgehead atoms. The van der Waals surface area contributed by atoms with E-state index < -0.39 is 29.4 Å². The largest absolute Gasteiger partial charge is 0.467 e. The van der Waals surface area contributed by atoms with Crippen molar-refractivity contribution in [1.82, 2.24) is 20.2 Å². The fourth-order valence-electron chi connectivity index (χ4n) is 3.10. The molecule has 9 nitrogen and oxygen atoms in total. The third kappa shape index (κ3) is 5.60. The van der Waals surface area contributed by atoms with Gasteiger partial charge in [-0.1, -0.05) is 12.1 Å². The van der Waals surface area contributed by atoms with Crippen LogP contribution in [0.15, 0.2) is 48.8 Å². The van der Waals surface area contributed by atoms with Gasteiger partial charge in [0.05, 0.1) is 25.9 Å². The summed E-state index contributed by atoms with van der Waals surface area (Å²) in [5, 5.41) is 2.55. The highest BCUT2D eigenvalue weighted by atomic mass is 16.5. The van der Waals surface area contributed by atoms with Crippen molar-refractivity contribution in [3.63, 3.8) is 0 Å². The van der Waals surface area contributed by atoms with Gasteiger partial charge in [-0.15, -0.1) is 0 Å². The minimum atomic E-state index is -1.39. The van der Waals surface area contributed by atoms with Crippen LogP contribution in [0.2, 0.25) is 0 Å². The molecule has 2 atom stereocenters. The summed E-state index contributed by atoms with van der Waals surface area (Å²) in [4.78, 5) is 47.9. The van der Waals surface area contributed by atoms with Gasteiger partial charge in [0.15, 0.2) is 0 Å². The topological polar surface area (TPSA) is 128 Å². The van der Waals surface area contributed by atoms with Crippen LogP contribution in [0.1, 0.15) is 25.2 Å². The highest BCUT2D eigenvalue weighted by molar-refractivity contribution is 5.92. The zero-order valence-corrected chi connectivity index (χ0v) is 17.4. The molecule has 0 unspecified atom stereocenters. The average molecular weight is 413 g/mol. The van der Waals surface area contributed by atoms with Crippen molar-refractivity contribution in [3.05, 3.63) is 60.2 Å². The number of esters is 1. The lowest BCUT2D eigenvalue weighted by atomic mass is 9.91. The van der Waals surface area contributed by atoms with Gasteiger partial charge < -0.3 is 20.7 Å². The van der Waals surface area contributed by atoms with E-state index in [-0.39, 0.29) is 19.5 Å². The summed E-state index contributed by atoms with van der Waals surface area (Å²) in [5.74, 6) is -1.54. The number of rotatable bonds is 9. The van der Waals surface area contributed by atoms with E-state index in [0.717, 1.165) is 0 Å². The summed E-state index contributed by atoms with van der Waals surface area (Å²) < 4.78 is 5.05. The maximum Gasteiger partial charge on any atom is 0.331 e. The van der Waals surface area contributed by atoms with Crippen molar-refractivity contribution in [2.75, 3.05) is 13.7 Å². The molecule has 0 aliphatic rings. The Morgan fingerprint density at radius 1 is 1.13 bits per heavy atom. The zero-order chi connectivity index (χ0) is 22.1. The number of nitrogens with zero attached hydrogens (tertiary/aromatic N) is 3. The van der Waals surface area contributed by atoms with Crippen LogP contribution in [-0.4, -0.2) is 57.9 Å². The van der Waals surface area contributed by atoms with E-state index in [1.807, 2.05) is 0 Å². The first kappa shape index (κ1) is 23.0. The summed E-state index contributed by atoms with van der Waals surface area (Å²) in [5.41, 5.74) is 5.16. The van der Waals surface area contributed by atoms with Gasteiger partial charge in [-0.2, -0.15) is 0 Å². The number of carbonyl (C=O) groups is 3. The van der Waals surface area contributed by atoms with E-state index in [0.29, 0.717) is 11.4 Å². The third-order valence-corrected chi connectivity index (χ3v) is 4.72. The fraction of sp³-hybridized carbons (Fsp3) is 0.381. The second-order valence-electron chi connectivity index (χ2n) is 7.00. The molecule has 3 N–H and O–H groups in total. The van der Waals surface area contributed by atoms with Crippen LogP contribution in [-0.2, 0) is 32.1 Å². The maximum absolute atomic E-state index is 13.4. The van der Waals surface area contributed by atoms with Crippen LogP contribution in [0, 0.1) is 0 Å². The first-order valence-corrected chi connectivity index (χ1v) is 9.51. The van der Waals surface area contributed by atoms with Gasteiger partial charge in [0.2, 0.25) is 11.8 Å². The Balaban J connectivity index is 2.47. The zero-order valence-electron chi connectivity index (χ0n) is 17.4. The molecule has 2 heterocycles. The molecule has 2 aromatic heterocycles. The quantitative estimate of drug-likeness (QED) is 0.571. The van der Waals surface area contributed by atoms with Crippen molar-refractivity contribution < 1.29 is 19.1 Å². The van der Waals surface area contributed by atoms with Crippen molar-refractivity contribution in [1.29, 1.82) is 0 Å². The third-order valence-electron chi connectivity index (χ3n) is 4.72. The first-order valence-electron chi connectivity index (χ1n) is 9.51. The van der Waals surface area contributed by atoms with Gasteiger partial charge in [-0.3, -0.25) is 19.6 Å². The van der Waals surface area contributed by atoms with E-state index in [1.54, 1.807) is 62.6 Å². The van der Waals surface area contributed by atoms with Crippen LogP contribution in [0.25, 0.3) is 0 Å². The number of pyridine rings is 2. The lowest BCUT2D eigenvalue weighted by Gasteiger charge is -2.40. The van der Waals surface area contributed by atoms with Crippen molar-refractivity contribution >= 4 is 17.8 Å². The minimum Gasteiger partial charge on any atom is -0.467 e. The van der Waals surface area contributed by atoms with Gasteiger partial charge in [-0.25, -0.2) is 4.79 Å². The van der Waals surface area contributed by atoms with Crippen LogP contribution in [0.5, 0.6) is 0 Å². The number of ether oxygens (including phenoxy) is 1. The molecule has 0 saturated carbocycles. The smallest absolute Gasteiger partial charge is 0.331 e. The molecule has 0 aliphatic heterocycles. The predicted molar refractivity (Wildman–Crippen MR) is 110 cm³/mol. The fourth-order valence-corrected chi connectivity index (χ4v) is 3.10. The molecule has 2 amide bonds. The number of nitrogens with two attached hydrogens (primary N) is 1. The molecule has 0 saturated heterocycles. The highest BCUT2D eigenvalue weighted by Gasteiger charge is 2.45. The number of aromatic nitrogens is 2. The monoisotopic (exact) mass is 413 g/mol. The molecular formula is C21H27N5O4. The second-order valence-corrected chi connectivity index (χ2v) is 7.00. The van der Waals surface area contributed by atoms with Crippen LogP contribution < -0.4 is 11.1 Å². The number of methoxy groups -OCH3 is 1. The Kier molecular flexibility index (Phi) is 7.99. The van der Waals surface area contributed by atoms with Gasteiger partial charge in [0.25, 0.3) is 0 Å². The molecule has 0 spiro atoms. The van der Waals surface area contributed by atoms with Gasteiger partial charge in [0, 0.05) is 24.5 Å². The SMILES string of the molecule is COC(=O)[C@](C)(Cc1ccccn1)N(Cc1ccccn1)C(=O)[C@@H](C)NC(=O)CN. The van der Waals surface area contributed by atoms with E-state index in [1.165, 1.54) is 12.0 Å². The predicted octanol–water partition coefficient (Wildman–Crippen LogP) is 0.443. The average Bonchev–Trinajstić information content (AvgIpc) is 2.77. The molecular weight excluding hydrogens is 386 g/mol. The molecule has 30 heavy (non-hydrogen) atoms. The maximum atomic E-state index is 13.4. The molecule has 0 radical (unpaired) electrons. The van der Waals surface area contributed by atoms with Crippen LogP contribution >= 0.6 is 0 Å². The van der Waals surface area contributed by atoms with Crippen LogP contribution in [0.4, 0.5) is 0 Å². The number of hydrogen-bond donors (Lipinski definition) is 2. The lowest BCUT2D eigenvalue weighted by molar-refractivity contribution is -0.162. The Bertz CT molecular complexity index is 862. The molecule has 9 heteroatoms. The molecule has 160 valence electrons. The molecule has 2 aromatic rings. The van der Waals surface area contributed by atoms with Crippen molar-refractivity contribution in [2.24, 2.45) is 5.73 Å². The standard InChI is InChI=1S/C21H27N5O4/c1-15(25-18(27)13-22)19(28)26(14-17-9-5-7-11-24-17)21(2,20(29)30-3)12-16-8-4-6-10-23-16/h4-11,15H,12-14,22H2,1-3H3,(H,25,27)/t15-,21+/m1/s1. The van der Waals surface area contributed by atoms with Crippen LogP contribution in [0.3, 0.4) is 0 Å². The number of amides is 2.